The Morgan fingerprint density at radius 2 is 1.52 bits per heavy atom. The van der Waals surface area contributed by atoms with E-state index in [1.807, 2.05) is 12.1 Å². The van der Waals surface area contributed by atoms with E-state index in [1.165, 1.54) is 21.9 Å². The van der Waals surface area contributed by atoms with Crippen LogP contribution in [-0.2, 0) is 26.2 Å². The first-order valence-electron chi connectivity index (χ1n) is 6.07. The normalized spacial score (nSPS) is 7.71. The molecular formula is C18H20Cl2Zr. The molecule has 0 heterocycles. The maximum Gasteiger partial charge on any atom is 4.00 e. The van der Waals surface area contributed by atoms with Gasteiger partial charge in [0.2, 0.25) is 0 Å². The first kappa shape index (κ1) is 25.3. The molecule has 0 aliphatic rings. The summed E-state index contributed by atoms with van der Waals surface area (Å²) in [6.45, 7) is 10.2. The Hall–Kier alpha value is -0.617. The molecule has 3 heteroatoms. The van der Waals surface area contributed by atoms with Gasteiger partial charge in [-0.25, -0.2) is 11.6 Å². The predicted octanol–water partition coefficient (Wildman–Crippen LogP) is -0.611. The minimum atomic E-state index is 0. The van der Waals surface area contributed by atoms with Crippen molar-refractivity contribution in [2.24, 2.45) is 0 Å². The zero-order valence-corrected chi connectivity index (χ0v) is 16.4. The van der Waals surface area contributed by atoms with Crippen LogP contribution in [-0.4, -0.2) is 0 Å². The molecule has 0 N–H and O–H groups in total. The summed E-state index contributed by atoms with van der Waals surface area (Å²) in [5, 5.41) is 2.72. The summed E-state index contributed by atoms with van der Waals surface area (Å²) in [5.41, 5.74) is 2.71. The van der Waals surface area contributed by atoms with Gasteiger partial charge in [-0.3, -0.25) is 0 Å². The van der Waals surface area contributed by atoms with Crippen molar-refractivity contribution < 1.29 is 51.0 Å². The Morgan fingerprint density at radius 3 is 1.95 bits per heavy atom. The third-order valence-corrected chi connectivity index (χ3v) is 2.73. The SMILES string of the molecule is C=C.Cc1c[cH-]c2ccccc12.Cc1cc[cH-]c1.[Cl-].[Cl-].[Zr+4]. The Labute approximate surface area is 159 Å². The number of rotatable bonds is 0. The van der Waals surface area contributed by atoms with Crippen molar-refractivity contribution in [1.82, 2.24) is 0 Å². The fourth-order valence-corrected chi connectivity index (χ4v) is 1.78. The molecule has 0 bridgehead atoms. The van der Waals surface area contributed by atoms with Gasteiger partial charge in [-0.1, -0.05) is 19.9 Å². The summed E-state index contributed by atoms with van der Waals surface area (Å²) in [4.78, 5) is 0. The minimum absolute atomic E-state index is 0. The first-order chi connectivity index (χ1) is 8.77. The average molecular weight is 398 g/mol. The summed E-state index contributed by atoms with van der Waals surface area (Å²) in [7, 11) is 0. The molecule has 3 aromatic carbocycles. The Balaban J connectivity index is -0.000000261. The van der Waals surface area contributed by atoms with Crippen LogP contribution in [0.3, 0.4) is 0 Å². The summed E-state index contributed by atoms with van der Waals surface area (Å²) in [6, 6.07) is 21.0. The molecule has 110 valence electrons. The molecule has 0 spiro atoms. The maximum atomic E-state index is 3.00. The van der Waals surface area contributed by atoms with Crippen molar-refractivity contribution in [3.05, 3.63) is 84.9 Å². The average Bonchev–Trinajstić information content (AvgIpc) is 3.03. The second kappa shape index (κ2) is 14.3. The van der Waals surface area contributed by atoms with Gasteiger partial charge in [0.25, 0.3) is 0 Å². The van der Waals surface area contributed by atoms with Gasteiger partial charge < -0.3 is 24.8 Å². The predicted molar refractivity (Wildman–Crippen MR) is 82.3 cm³/mol. The molecule has 0 atom stereocenters. The van der Waals surface area contributed by atoms with Crippen LogP contribution in [0.5, 0.6) is 0 Å². The van der Waals surface area contributed by atoms with Crippen LogP contribution in [0.25, 0.3) is 10.8 Å². The quantitative estimate of drug-likeness (QED) is 0.350. The minimum Gasteiger partial charge on any atom is -1.00 e. The number of hydrogen-bond donors (Lipinski definition) is 0. The van der Waals surface area contributed by atoms with Crippen LogP contribution in [0.1, 0.15) is 11.1 Å². The van der Waals surface area contributed by atoms with Crippen LogP contribution in [0.4, 0.5) is 0 Å². The zero-order valence-electron chi connectivity index (χ0n) is 12.4. The third kappa shape index (κ3) is 8.41. The van der Waals surface area contributed by atoms with E-state index in [4.69, 9.17) is 0 Å². The Bertz CT molecular complexity index is 568. The van der Waals surface area contributed by atoms with Gasteiger partial charge in [0.15, 0.2) is 0 Å². The number of benzene rings is 1. The maximum absolute atomic E-state index is 3.00. The molecule has 0 amide bonds. The molecule has 0 aliphatic heterocycles. The molecule has 0 saturated carbocycles. The van der Waals surface area contributed by atoms with Crippen LogP contribution in [0.15, 0.2) is 73.8 Å². The molecule has 0 nitrogen and oxygen atoms in total. The molecule has 0 fully saturated rings. The van der Waals surface area contributed by atoms with Crippen molar-refractivity contribution in [2.75, 3.05) is 0 Å². The largest absolute Gasteiger partial charge is 4.00 e. The molecule has 3 rings (SSSR count). The van der Waals surface area contributed by atoms with E-state index < -0.39 is 0 Å². The van der Waals surface area contributed by atoms with Gasteiger partial charge in [-0.05, 0) is 0 Å². The smallest absolute Gasteiger partial charge is 1.00 e. The molecule has 0 radical (unpaired) electrons. The van der Waals surface area contributed by atoms with Crippen LogP contribution >= 0.6 is 0 Å². The molecule has 3 aromatic rings. The fraction of sp³-hybridized carbons (Fsp3) is 0.111. The number of halogens is 2. The van der Waals surface area contributed by atoms with E-state index in [9.17, 15) is 0 Å². The summed E-state index contributed by atoms with van der Waals surface area (Å²) in [6.07, 6.45) is 0. The van der Waals surface area contributed by atoms with E-state index in [2.05, 4.69) is 75.5 Å². The van der Waals surface area contributed by atoms with E-state index in [-0.39, 0.29) is 51.0 Å². The molecular weight excluding hydrogens is 378 g/mol. The van der Waals surface area contributed by atoms with E-state index in [1.54, 1.807) is 0 Å². The van der Waals surface area contributed by atoms with Crippen LogP contribution in [0.2, 0.25) is 0 Å². The van der Waals surface area contributed by atoms with Crippen molar-refractivity contribution in [3.8, 4) is 0 Å². The van der Waals surface area contributed by atoms with E-state index >= 15 is 0 Å². The van der Waals surface area contributed by atoms with Gasteiger partial charge >= 0.3 is 26.2 Å². The number of aryl methyl sites for hydroxylation is 2. The second-order valence-corrected chi connectivity index (χ2v) is 4.07. The second-order valence-electron chi connectivity index (χ2n) is 4.07. The summed E-state index contributed by atoms with van der Waals surface area (Å²) < 4.78 is 0. The van der Waals surface area contributed by atoms with Gasteiger partial charge in [-0.15, -0.1) is 48.2 Å². The van der Waals surface area contributed by atoms with E-state index in [0.717, 1.165) is 0 Å². The fourth-order valence-electron chi connectivity index (χ4n) is 1.78. The van der Waals surface area contributed by atoms with Gasteiger partial charge in [0.1, 0.15) is 0 Å². The topological polar surface area (TPSA) is 0 Å². The van der Waals surface area contributed by atoms with Crippen molar-refractivity contribution in [1.29, 1.82) is 0 Å². The van der Waals surface area contributed by atoms with Crippen molar-refractivity contribution >= 4 is 10.8 Å². The van der Waals surface area contributed by atoms with Crippen LogP contribution in [0, 0.1) is 13.8 Å². The van der Waals surface area contributed by atoms with Gasteiger partial charge in [-0.2, -0.15) is 29.8 Å². The van der Waals surface area contributed by atoms with Gasteiger partial charge in [0, 0.05) is 0 Å². The molecule has 0 unspecified atom stereocenters. The summed E-state index contributed by atoms with van der Waals surface area (Å²) >= 11 is 0. The van der Waals surface area contributed by atoms with E-state index in [0.29, 0.717) is 0 Å². The Morgan fingerprint density at radius 1 is 0.905 bits per heavy atom. The number of fused-ring (bicyclic) bond motifs is 1. The standard InChI is InChI=1S/C10H9.C6H7.C2H4.2ClH.Zr/c1-8-6-7-9-4-2-3-5-10(8)9;1-6-4-2-3-5-6;1-2;;;/h2-7H,1H3;2-5H,1H3;1-2H2;2*1H;/q2*-1;;;;+4/p-2. The zero-order chi connectivity index (χ0) is 13.4. The van der Waals surface area contributed by atoms with Crippen LogP contribution < -0.4 is 24.8 Å². The molecule has 0 saturated heterocycles. The van der Waals surface area contributed by atoms with Crippen molar-refractivity contribution in [3.63, 3.8) is 0 Å². The monoisotopic (exact) mass is 396 g/mol. The molecule has 0 aliphatic carbocycles. The summed E-state index contributed by atoms with van der Waals surface area (Å²) in [5.74, 6) is 0. The molecule has 0 aromatic heterocycles. The molecule has 21 heavy (non-hydrogen) atoms. The van der Waals surface area contributed by atoms with Gasteiger partial charge in [0.05, 0.1) is 0 Å². The number of hydrogen-bond acceptors (Lipinski definition) is 0. The Kier molecular flexibility index (Phi) is 17.3. The third-order valence-electron chi connectivity index (χ3n) is 2.73. The first-order valence-corrected chi connectivity index (χ1v) is 6.07. The van der Waals surface area contributed by atoms with Crippen molar-refractivity contribution in [2.45, 2.75) is 13.8 Å².